The lowest BCUT2D eigenvalue weighted by Gasteiger charge is -2.16. The SMILES string of the molecule is Cc1[nH][nH]c(=O)c1CC(=O)NCCc1cc(N2CCCC2)ncn1. The number of nitrogens with one attached hydrogen (secondary N) is 3. The number of aromatic amines is 2. The van der Waals surface area contributed by atoms with Gasteiger partial charge in [0, 0.05) is 49.1 Å². The molecule has 1 saturated heterocycles. The van der Waals surface area contributed by atoms with Crippen molar-refractivity contribution in [2.24, 2.45) is 0 Å². The molecule has 3 heterocycles. The second-order valence-electron chi connectivity index (χ2n) is 6.02. The van der Waals surface area contributed by atoms with E-state index in [1.54, 1.807) is 13.3 Å². The molecule has 1 amide bonds. The standard InChI is InChI=1S/C16H22N6O2/c1-11-13(16(24)21-20-11)9-15(23)17-5-4-12-8-14(19-10-18-12)22-6-2-3-7-22/h8,10H,2-7,9H2,1H3,(H,17,23)(H2,20,21,24). The quantitative estimate of drug-likeness (QED) is 0.706. The van der Waals surface area contributed by atoms with Gasteiger partial charge >= 0.3 is 0 Å². The van der Waals surface area contributed by atoms with Gasteiger partial charge in [-0.1, -0.05) is 0 Å². The highest BCUT2D eigenvalue weighted by molar-refractivity contribution is 5.78. The van der Waals surface area contributed by atoms with E-state index in [4.69, 9.17) is 0 Å². The van der Waals surface area contributed by atoms with Gasteiger partial charge in [0.2, 0.25) is 5.91 Å². The molecule has 0 radical (unpaired) electrons. The van der Waals surface area contributed by atoms with Crippen molar-refractivity contribution >= 4 is 11.7 Å². The van der Waals surface area contributed by atoms with E-state index in [0.29, 0.717) is 24.2 Å². The van der Waals surface area contributed by atoms with E-state index in [0.717, 1.165) is 24.6 Å². The molecule has 0 aromatic carbocycles. The molecule has 0 spiro atoms. The second kappa shape index (κ2) is 7.29. The molecular weight excluding hydrogens is 308 g/mol. The number of aromatic nitrogens is 4. The third-order valence-corrected chi connectivity index (χ3v) is 4.27. The summed E-state index contributed by atoms with van der Waals surface area (Å²) in [6.45, 7) is 4.33. The summed E-state index contributed by atoms with van der Waals surface area (Å²) in [5, 5.41) is 8.03. The summed E-state index contributed by atoms with van der Waals surface area (Å²) >= 11 is 0. The maximum Gasteiger partial charge on any atom is 0.267 e. The predicted octanol–water partition coefficient (Wildman–Crippen LogP) is 0.303. The van der Waals surface area contributed by atoms with Crippen LogP contribution in [0.3, 0.4) is 0 Å². The van der Waals surface area contributed by atoms with Crippen molar-refractivity contribution in [2.75, 3.05) is 24.5 Å². The van der Waals surface area contributed by atoms with Crippen LogP contribution in [0.25, 0.3) is 0 Å². The normalized spacial score (nSPS) is 14.1. The third kappa shape index (κ3) is 3.81. The smallest absolute Gasteiger partial charge is 0.267 e. The number of hydrogen-bond acceptors (Lipinski definition) is 5. The van der Waals surface area contributed by atoms with Gasteiger partial charge in [0.05, 0.1) is 6.42 Å². The van der Waals surface area contributed by atoms with Crippen LogP contribution in [0.5, 0.6) is 0 Å². The molecule has 0 bridgehead atoms. The molecule has 128 valence electrons. The fourth-order valence-corrected chi connectivity index (χ4v) is 2.88. The topological polar surface area (TPSA) is 107 Å². The number of rotatable bonds is 6. The first-order valence-electron chi connectivity index (χ1n) is 8.22. The number of carbonyl (C=O) groups is 1. The Labute approximate surface area is 139 Å². The van der Waals surface area contributed by atoms with Crippen molar-refractivity contribution in [3.8, 4) is 0 Å². The van der Waals surface area contributed by atoms with Crippen molar-refractivity contribution in [1.29, 1.82) is 0 Å². The molecule has 8 heteroatoms. The Kier molecular flexibility index (Phi) is 4.93. The fourth-order valence-electron chi connectivity index (χ4n) is 2.88. The first kappa shape index (κ1) is 16.2. The van der Waals surface area contributed by atoms with E-state index in [1.807, 2.05) is 6.07 Å². The number of H-pyrrole nitrogens is 2. The Bertz CT molecular complexity index is 760. The van der Waals surface area contributed by atoms with Gasteiger partial charge in [0.25, 0.3) is 5.56 Å². The average Bonchev–Trinajstić information content (AvgIpc) is 3.21. The Hall–Kier alpha value is -2.64. The molecule has 0 saturated carbocycles. The maximum atomic E-state index is 12.0. The monoisotopic (exact) mass is 330 g/mol. The summed E-state index contributed by atoms with van der Waals surface area (Å²) in [4.78, 5) is 34.3. The van der Waals surface area contributed by atoms with Gasteiger partial charge in [0.15, 0.2) is 0 Å². The van der Waals surface area contributed by atoms with Gasteiger partial charge in [-0.15, -0.1) is 0 Å². The van der Waals surface area contributed by atoms with Crippen LogP contribution >= 0.6 is 0 Å². The lowest BCUT2D eigenvalue weighted by atomic mass is 10.2. The zero-order chi connectivity index (χ0) is 16.9. The van der Waals surface area contributed by atoms with Gasteiger partial charge in [-0.05, 0) is 19.8 Å². The minimum absolute atomic E-state index is 0.0769. The van der Waals surface area contributed by atoms with Gasteiger partial charge in [-0.3, -0.25) is 14.7 Å². The molecule has 3 rings (SSSR count). The van der Waals surface area contributed by atoms with Gasteiger partial charge in [-0.25, -0.2) is 9.97 Å². The first-order valence-corrected chi connectivity index (χ1v) is 8.22. The molecule has 2 aromatic rings. The van der Waals surface area contributed by atoms with Gasteiger partial charge < -0.3 is 15.3 Å². The van der Waals surface area contributed by atoms with E-state index < -0.39 is 0 Å². The van der Waals surface area contributed by atoms with E-state index in [1.165, 1.54) is 12.8 Å². The molecule has 0 atom stereocenters. The van der Waals surface area contributed by atoms with Crippen molar-refractivity contribution in [2.45, 2.75) is 32.6 Å². The zero-order valence-corrected chi connectivity index (χ0v) is 13.8. The lowest BCUT2D eigenvalue weighted by molar-refractivity contribution is -0.120. The fraction of sp³-hybridized carbons (Fsp3) is 0.500. The van der Waals surface area contributed by atoms with E-state index >= 15 is 0 Å². The zero-order valence-electron chi connectivity index (χ0n) is 13.8. The Balaban J connectivity index is 1.50. The van der Waals surface area contributed by atoms with Crippen LogP contribution < -0.4 is 15.8 Å². The summed E-state index contributed by atoms with van der Waals surface area (Å²) < 4.78 is 0. The van der Waals surface area contributed by atoms with Crippen LogP contribution in [0.15, 0.2) is 17.2 Å². The van der Waals surface area contributed by atoms with E-state index in [9.17, 15) is 9.59 Å². The van der Waals surface area contributed by atoms with Crippen LogP contribution in [-0.4, -0.2) is 45.7 Å². The Morgan fingerprint density at radius 2 is 2.08 bits per heavy atom. The minimum Gasteiger partial charge on any atom is -0.357 e. The van der Waals surface area contributed by atoms with Crippen LogP contribution in [-0.2, 0) is 17.6 Å². The summed E-state index contributed by atoms with van der Waals surface area (Å²) in [6.07, 6.45) is 4.69. The number of nitrogens with zero attached hydrogens (tertiary/aromatic N) is 3. The Morgan fingerprint density at radius 1 is 1.29 bits per heavy atom. The van der Waals surface area contributed by atoms with Crippen molar-refractivity contribution < 1.29 is 4.79 Å². The molecule has 1 fully saturated rings. The summed E-state index contributed by atoms with van der Waals surface area (Å²) in [5.41, 5.74) is 1.84. The molecule has 0 unspecified atom stereocenters. The van der Waals surface area contributed by atoms with Crippen LogP contribution in [0.1, 0.15) is 29.8 Å². The molecule has 1 aliphatic rings. The van der Waals surface area contributed by atoms with Crippen LogP contribution in [0, 0.1) is 6.92 Å². The predicted molar refractivity (Wildman–Crippen MR) is 90.0 cm³/mol. The van der Waals surface area contributed by atoms with Crippen molar-refractivity contribution in [3.05, 3.63) is 39.7 Å². The summed E-state index contributed by atoms with van der Waals surface area (Å²) in [7, 11) is 0. The minimum atomic E-state index is -0.242. The number of aryl methyl sites for hydroxylation is 1. The number of anilines is 1. The summed E-state index contributed by atoms with van der Waals surface area (Å²) in [6, 6.07) is 1.98. The Morgan fingerprint density at radius 3 is 2.79 bits per heavy atom. The molecule has 3 N–H and O–H groups in total. The van der Waals surface area contributed by atoms with Crippen molar-refractivity contribution in [3.63, 3.8) is 0 Å². The molecule has 2 aromatic heterocycles. The molecule has 24 heavy (non-hydrogen) atoms. The third-order valence-electron chi connectivity index (χ3n) is 4.27. The maximum absolute atomic E-state index is 12.0. The van der Waals surface area contributed by atoms with Crippen LogP contribution in [0.4, 0.5) is 5.82 Å². The average molecular weight is 330 g/mol. The lowest BCUT2D eigenvalue weighted by Crippen LogP contribution is -2.29. The van der Waals surface area contributed by atoms with Crippen LogP contribution in [0.2, 0.25) is 0 Å². The number of hydrogen-bond donors (Lipinski definition) is 3. The largest absolute Gasteiger partial charge is 0.357 e. The number of carbonyl (C=O) groups excluding carboxylic acids is 1. The second-order valence-corrected chi connectivity index (χ2v) is 6.02. The highest BCUT2D eigenvalue weighted by Gasteiger charge is 2.14. The molecule has 0 aliphatic carbocycles. The highest BCUT2D eigenvalue weighted by Crippen LogP contribution is 2.17. The molecule has 8 nitrogen and oxygen atoms in total. The number of amides is 1. The van der Waals surface area contributed by atoms with Gasteiger partial charge in [0.1, 0.15) is 12.1 Å². The van der Waals surface area contributed by atoms with E-state index in [2.05, 4.69) is 30.4 Å². The van der Waals surface area contributed by atoms with Gasteiger partial charge in [-0.2, -0.15) is 0 Å². The molecular formula is C16H22N6O2. The highest BCUT2D eigenvalue weighted by atomic mass is 16.2. The van der Waals surface area contributed by atoms with Crippen molar-refractivity contribution in [1.82, 2.24) is 25.5 Å². The summed E-state index contributed by atoms with van der Waals surface area (Å²) in [5.74, 6) is 0.787. The molecule has 1 aliphatic heterocycles. The van der Waals surface area contributed by atoms with E-state index in [-0.39, 0.29) is 17.9 Å². The first-order chi connectivity index (χ1) is 11.6.